The smallest absolute Gasteiger partial charge is 0.416 e. The van der Waals surface area contributed by atoms with Gasteiger partial charge in [0.2, 0.25) is 5.91 Å². The molecule has 0 unspecified atom stereocenters. The summed E-state index contributed by atoms with van der Waals surface area (Å²) in [6, 6.07) is 4.13. The Kier molecular flexibility index (Phi) is 6.21. The Balaban J connectivity index is 2.49. The number of ether oxygens (including phenoxy) is 1. The van der Waals surface area contributed by atoms with Crippen LogP contribution in [-0.4, -0.2) is 31.6 Å². The summed E-state index contributed by atoms with van der Waals surface area (Å²) >= 11 is 0. The van der Waals surface area contributed by atoms with Gasteiger partial charge >= 0.3 is 12.1 Å². The number of carbonyl (C=O) groups is 2. The number of alkyl halides is 3. The van der Waals surface area contributed by atoms with E-state index >= 15 is 0 Å². The number of amides is 1. The van der Waals surface area contributed by atoms with Crippen molar-refractivity contribution in [3.63, 3.8) is 0 Å². The van der Waals surface area contributed by atoms with Crippen molar-refractivity contribution in [2.24, 2.45) is 0 Å². The van der Waals surface area contributed by atoms with Gasteiger partial charge < -0.3 is 15.4 Å². The van der Waals surface area contributed by atoms with Gasteiger partial charge in [0.15, 0.2) is 0 Å². The third-order valence-electron chi connectivity index (χ3n) is 2.75. The normalized spacial score (nSPS) is 12.4. The molecule has 1 amide bonds. The van der Waals surface area contributed by atoms with Crippen molar-refractivity contribution in [1.29, 1.82) is 0 Å². The van der Waals surface area contributed by atoms with Crippen LogP contribution in [0, 0.1) is 0 Å². The lowest BCUT2D eigenvalue weighted by atomic mass is 10.2. The number of carbonyl (C=O) groups excluding carboxylic acids is 2. The van der Waals surface area contributed by atoms with Gasteiger partial charge in [-0.25, -0.2) is 0 Å². The topological polar surface area (TPSA) is 67.4 Å². The number of hydrogen-bond donors (Lipinski definition) is 2. The lowest BCUT2D eigenvalue weighted by molar-refractivity contribution is -0.141. The Morgan fingerprint density at radius 2 is 2.00 bits per heavy atom. The molecule has 0 spiro atoms. The summed E-state index contributed by atoms with van der Waals surface area (Å²) in [4.78, 5) is 22.6. The van der Waals surface area contributed by atoms with Gasteiger partial charge in [-0.2, -0.15) is 13.2 Å². The van der Waals surface area contributed by atoms with Crippen molar-refractivity contribution < 1.29 is 27.5 Å². The molecule has 1 aromatic carbocycles. The molecule has 0 radical (unpaired) electrons. The average Bonchev–Trinajstić information content (AvgIpc) is 2.44. The van der Waals surface area contributed by atoms with Crippen molar-refractivity contribution in [1.82, 2.24) is 5.32 Å². The summed E-state index contributed by atoms with van der Waals surface area (Å²) < 4.78 is 42.1. The first-order valence-electron chi connectivity index (χ1n) is 6.49. The molecule has 1 aromatic rings. The Bertz CT molecular complexity index is 532. The molecule has 0 aliphatic carbocycles. The number of benzene rings is 1. The van der Waals surface area contributed by atoms with Crippen LogP contribution in [0.2, 0.25) is 0 Å². The zero-order valence-electron chi connectivity index (χ0n) is 12.2. The standard InChI is InChI=1S/C14H17F3N2O3/c1-9(6-13(21)22-2)19-12(20)8-18-11-5-3-4-10(7-11)14(15,16)17/h3-5,7,9,18H,6,8H2,1-2H3,(H,19,20)/t9-/m1/s1. The molecule has 0 aliphatic rings. The minimum Gasteiger partial charge on any atom is -0.469 e. The van der Waals surface area contributed by atoms with Gasteiger partial charge in [-0.3, -0.25) is 9.59 Å². The van der Waals surface area contributed by atoms with Crippen molar-refractivity contribution in [3.8, 4) is 0 Å². The first-order chi connectivity index (χ1) is 10.2. The molecular formula is C14H17F3N2O3. The maximum atomic E-state index is 12.5. The van der Waals surface area contributed by atoms with Gasteiger partial charge in [0.05, 0.1) is 25.6 Å². The number of esters is 1. The van der Waals surface area contributed by atoms with E-state index in [1.54, 1.807) is 6.92 Å². The molecule has 0 saturated heterocycles. The van der Waals surface area contributed by atoms with Crippen molar-refractivity contribution in [3.05, 3.63) is 29.8 Å². The highest BCUT2D eigenvalue weighted by atomic mass is 19.4. The highest BCUT2D eigenvalue weighted by Crippen LogP contribution is 2.30. The molecule has 0 heterocycles. The molecule has 22 heavy (non-hydrogen) atoms. The van der Waals surface area contributed by atoms with Gasteiger partial charge in [-0.1, -0.05) is 6.07 Å². The first-order valence-corrected chi connectivity index (χ1v) is 6.49. The minimum atomic E-state index is -4.44. The fraction of sp³-hybridized carbons (Fsp3) is 0.429. The van der Waals surface area contributed by atoms with Crippen molar-refractivity contribution >= 4 is 17.6 Å². The summed E-state index contributed by atoms with van der Waals surface area (Å²) in [5.41, 5.74) is -0.609. The quantitative estimate of drug-likeness (QED) is 0.789. The van der Waals surface area contributed by atoms with E-state index < -0.39 is 29.7 Å². The molecule has 0 bridgehead atoms. The second-order valence-electron chi connectivity index (χ2n) is 4.68. The second-order valence-corrected chi connectivity index (χ2v) is 4.68. The highest BCUT2D eigenvalue weighted by Gasteiger charge is 2.30. The molecule has 1 atom stereocenters. The van der Waals surface area contributed by atoms with Gasteiger partial charge in [0.1, 0.15) is 0 Å². The monoisotopic (exact) mass is 318 g/mol. The van der Waals surface area contributed by atoms with E-state index in [1.165, 1.54) is 19.2 Å². The molecule has 5 nitrogen and oxygen atoms in total. The summed E-state index contributed by atoms with van der Waals surface area (Å²) in [6.07, 6.45) is -4.42. The average molecular weight is 318 g/mol. The minimum absolute atomic E-state index is 0.0196. The zero-order valence-corrected chi connectivity index (χ0v) is 12.2. The molecule has 1 rings (SSSR count). The van der Waals surface area contributed by atoms with Gasteiger partial charge in [-0.05, 0) is 25.1 Å². The molecule has 0 saturated carbocycles. The van der Waals surface area contributed by atoms with Gasteiger partial charge in [-0.15, -0.1) is 0 Å². The lowest BCUT2D eigenvalue weighted by Crippen LogP contribution is -2.38. The third kappa shape index (κ3) is 6.02. The summed E-state index contributed by atoms with van der Waals surface area (Å²) in [5.74, 6) is -0.896. The maximum Gasteiger partial charge on any atom is 0.416 e. The number of rotatable bonds is 6. The number of halogens is 3. The summed E-state index contributed by atoms with van der Waals surface area (Å²) in [5, 5.41) is 5.14. The lowest BCUT2D eigenvalue weighted by Gasteiger charge is -2.14. The second kappa shape index (κ2) is 7.67. The van der Waals surface area contributed by atoms with Crippen LogP contribution in [-0.2, 0) is 20.5 Å². The van der Waals surface area contributed by atoms with E-state index in [0.717, 1.165) is 12.1 Å². The number of methoxy groups -OCH3 is 1. The van der Waals surface area contributed by atoms with Gasteiger partial charge in [0, 0.05) is 11.7 Å². The van der Waals surface area contributed by atoms with Crippen molar-refractivity contribution in [2.75, 3.05) is 19.0 Å². The summed E-state index contributed by atoms with van der Waals surface area (Å²) in [6.45, 7) is 1.42. The molecule has 0 fully saturated rings. The first kappa shape index (κ1) is 17.8. The Labute approximate surface area is 125 Å². The largest absolute Gasteiger partial charge is 0.469 e. The predicted octanol–water partition coefficient (Wildman–Crippen LogP) is 2.19. The molecular weight excluding hydrogens is 301 g/mol. The Morgan fingerprint density at radius 1 is 1.32 bits per heavy atom. The molecule has 2 N–H and O–H groups in total. The number of nitrogens with one attached hydrogen (secondary N) is 2. The highest BCUT2D eigenvalue weighted by molar-refractivity contribution is 5.81. The zero-order chi connectivity index (χ0) is 16.8. The van der Waals surface area contributed by atoms with E-state index in [1.807, 2.05) is 0 Å². The number of anilines is 1. The number of hydrogen-bond acceptors (Lipinski definition) is 4. The van der Waals surface area contributed by atoms with E-state index in [9.17, 15) is 22.8 Å². The fourth-order valence-electron chi connectivity index (χ4n) is 1.70. The van der Waals surface area contributed by atoms with E-state index in [-0.39, 0.29) is 18.7 Å². The SMILES string of the molecule is COC(=O)C[C@@H](C)NC(=O)CNc1cccc(C(F)(F)F)c1. The van der Waals surface area contributed by atoms with Crippen molar-refractivity contribution in [2.45, 2.75) is 25.6 Å². The van der Waals surface area contributed by atoms with Crippen LogP contribution >= 0.6 is 0 Å². The van der Waals surface area contributed by atoms with Crippen LogP contribution in [0.4, 0.5) is 18.9 Å². The molecule has 0 aliphatic heterocycles. The van der Waals surface area contributed by atoms with Crippen LogP contribution in [0.3, 0.4) is 0 Å². The van der Waals surface area contributed by atoms with E-state index in [0.29, 0.717) is 0 Å². The molecule has 8 heteroatoms. The van der Waals surface area contributed by atoms with E-state index in [4.69, 9.17) is 0 Å². The van der Waals surface area contributed by atoms with E-state index in [2.05, 4.69) is 15.4 Å². The van der Waals surface area contributed by atoms with Crippen LogP contribution in [0.15, 0.2) is 24.3 Å². The van der Waals surface area contributed by atoms with Crippen LogP contribution < -0.4 is 10.6 Å². The third-order valence-corrected chi connectivity index (χ3v) is 2.75. The molecule has 0 aromatic heterocycles. The van der Waals surface area contributed by atoms with Crippen LogP contribution in [0.25, 0.3) is 0 Å². The molecule has 122 valence electrons. The van der Waals surface area contributed by atoms with Crippen LogP contribution in [0.5, 0.6) is 0 Å². The Morgan fingerprint density at radius 3 is 2.59 bits per heavy atom. The predicted molar refractivity (Wildman–Crippen MR) is 74.2 cm³/mol. The Hall–Kier alpha value is -2.25. The maximum absolute atomic E-state index is 12.5. The summed E-state index contributed by atoms with van der Waals surface area (Å²) in [7, 11) is 1.24. The van der Waals surface area contributed by atoms with Gasteiger partial charge in [0.25, 0.3) is 0 Å². The fourth-order valence-corrected chi connectivity index (χ4v) is 1.70. The van der Waals surface area contributed by atoms with Crippen LogP contribution in [0.1, 0.15) is 18.9 Å².